The molecule has 0 radical (unpaired) electrons. The van der Waals surface area contributed by atoms with Crippen LogP contribution in [0.15, 0.2) is 18.2 Å². The second-order valence-corrected chi connectivity index (χ2v) is 6.84. The molecule has 0 aliphatic carbocycles. The SMILES string of the molecule is CC(C)NC(=O)N1CCC2(CC(Nc3cccc(C#N)n3)CO2)C1. The first kappa shape index (κ1) is 16.5. The highest BCUT2D eigenvalue weighted by molar-refractivity contribution is 5.75. The lowest BCUT2D eigenvalue weighted by Gasteiger charge is -2.24. The Bertz CT molecular complexity index is 657. The zero-order valence-electron chi connectivity index (χ0n) is 14.1. The Labute approximate surface area is 142 Å². The van der Waals surface area contributed by atoms with Crippen LogP contribution < -0.4 is 10.6 Å². The first-order valence-corrected chi connectivity index (χ1v) is 8.33. The molecule has 2 aliphatic heterocycles. The largest absolute Gasteiger partial charge is 0.371 e. The molecule has 2 atom stereocenters. The van der Waals surface area contributed by atoms with Crippen molar-refractivity contribution in [3.05, 3.63) is 23.9 Å². The second kappa shape index (κ2) is 6.65. The first-order chi connectivity index (χ1) is 11.5. The Morgan fingerprint density at radius 1 is 1.54 bits per heavy atom. The molecule has 1 aromatic heterocycles. The van der Waals surface area contributed by atoms with Crippen molar-refractivity contribution in [1.29, 1.82) is 5.26 Å². The molecule has 1 spiro atoms. The Hall–Kier alpha value is -2.33. The van der Waals surface area contributed by atoms with Gasteiger partial charge >= 0.3 is 6.03 Å². The van der Waals surface area contributed by atoms with Crippen LogP contribution in [-0.4, -0.2) is 53.3 Å². The summed E-state index contributed by atoms with van der Waals surface area (Å²) >= 11 is 0. The molecule has 2 aliphatic rings. The number of carbonyl (C=O) groups excluding carboxylic acids is 1. The van der Waals surface area contributed by atoms with E-state index in [1.807, 2.05) is 36.9 Å². The lowest BCUT2D eigenvalue weighted by atomic mass is 9.97. The van der Waals surface area contributed by atoms with E-state index >= 15 is 0 Å². The van der Waals surface area contributed by atoms with Gasteiger partial charge in [0.2, 0.25) is 0 Å². The zero-order valence-corrected chi connectivity index (χ0v) is 14.1. The lowest BCUT2D eigenvalue weighted by Crippen LogP contribution is -2.44. The van der Waals surface area contributed by atoms with E-state index in [-0.39, 0.29) is 23.7 Å². The molecule has 0 bridgehead atoms. The number of urea groups is 1. The Morgan fingerprint density at radius 3 is 3.12 bits per heavy atom. The van der Waals surface area contributed by atoms with Gasteiger partial charge in [0.25, 0.3) is 0 Å². The fourth-order valence-corrected chi connectivity index (χ4v) is 3.36. The zero-order chi connectivity index (χ0) is 17.2. The predicted molar refractivity (Wildman–Crippen MR) is 89.5 cm³/mol. The summed E-state index contributed by atoms with van der Waals surface area (Å²) in [5, 5.41) is 15.2. The van der Waals surface area contributed by atoms with E-state index in [1.165, 1.54) is 0 Å². The first-order valence-electron chi connectivity index (χ1n) is 8.33. The number of carbonyl (C=O) groups is 1. The van der Waals surface area contributed by atoms with Crippen molar-refractivity contribution in [1.82, 2.24) is 15.2 Å². The molecule has 3 rings (SSSR count). The van der Waals surface area contributed by atoms with Crippen LogP contribution in [0.25, 0.3) is 0 Å². The number of anilines is 1. The molecule has 2 N–H and O–H groups in total. The van der Waals surface area contributed by atoms with E-state index in [4.69, 9.17) is 10.00 Å². The number of ether oxygens (including phenoxy) is 1. The van der Waals surface area contributed by atoms with Gasteiger partial charge in [-0.2, -0.15) is 5.26 Å². The summed E-state index contributed by atoms with van der Waals surface area (Å²) < 4.78 is 6.05. The number of amides is 2. The fourth-order valence-electron chi connectivity index (χ4n) is 3.36. The maximum atomic E-state index is 12.1. The quantitative estimate of drug-likeness (QED) is 0.881. The highest BCUT2D eigenvalue weighted by Crippen LogP contribution is 2.36. The van der Waals surface area contributed by atoms with E-state index < -0.39 is 0 Å². The Kier molecular flexibility index (Phi) is 4.58. The Balaban J connectivity index is 1.57. The van der Waals surface area contributed by atoms with E-state index in [9.17, 15) is 4.79 Å². The molecule has 2 unspecified atom stereocenters. The highest BCUT2D eigenvalue weighted by Gasteiger charge is 2.46. The number of nitrogens with one attached hydrogen (secondary N) is 2. The van der Waals surface area contributed by atoms with Crippen LogP contribution in [0.2, 0.25) is 0 Å². The van der Waals surface area contributed by atoms with Crippen molar-refractivity contribution in [2.45, 2.75) is 44.4 Å². The maximum absolute atomic E-state index is 12.1. The molecule has 7 nitrogen and oxygen atoms in total. The fraction of sp³-hybridized carbons (Fsp3) is 0.588. The van der Waals surface area contributed by atoms with Gasteiger partial charge in [-0.3, -0.25) is 0 Å². The molecule has 7 heteroatoms. The summed E-state index contributed by atoms with van der Waals surface area (Å²) in [5.74, 6) is 0.687. The molecular formula is C17H23N5O2. The standard InChI is InChI=1S/C17H23N5O2/c1-12(2)19-16(23)22-7-6-17(11-22)8-14(10-24-17)21-15-5-3-4-13(9-18)20-15/h3-5,12,14H,6-8,10-11H2,1-2H3,(H,19,23)(H,20,21). The molecule has 128 valence electrons. The average molecular weight is 329 g/mol. The number of hydrogen-bond acceptors (Lipinski definition) is 5. The normalized spacial score (nSPS) is 25.9. The van der Waals surface area contributed by atoms with Gasteiger partial charge < -0.3 is 20.3 Å². The van der Waals surface area contributed by atoms with Crippen LogP contribution in [0.3, 0.4) is 0 Å². The van der Waals surface area contributed by atoms with E-state index in [0.717, 1.165) is 12.8 Å². The van der Waals surface area contributed by atoms with Crippen LogP contribution in [0.1, 0.15) is 32.4 Å². The molecule has 0 aromatic carbocycles. The van der Waals surface area contributed by atoms with Gasteiger partial charge in [-0.15, -0.1) is 0 Å². The number of nitriles is 1. The highest BCUT2D eigenvalue weighted by atomic mass is 16.5. The predicted octanol–water partition coefficient (Wildman–Crippen LogP) is 1.72. The number of pyridine rings is 1. The van der Waals surface area contributed by atoms with Gasteiger partial charge in [-0.1, -0.05) is 6.07 Å². The van der Waals surface area contributed by atoms with Gasteiger partial charge in [0.15, 0.2) is 0 Å². The summed E-state index contributed by atoms with van der Waals surface area (Å²) in [6.45, 7) is 5.83. The number of likely N-dealkylation sites (tertiary alicyclic amines) is 1. The molecule has 2 fully saturated rings. The van der Waals surface area contributed by atoms with Crippen molar-refractivity contribution < 1.29 is 9.53 Å². The van der Waals surface area contributed by atoms with E-state index in [2.05, 4.69) is 15.6 Å². The van der Waals surface area contributed by atoms with Crippen LogP contribution >= 0.6 is 0 Å². The molecule has 2 amide bonds. The molecule has 2 saturated heterocycles. The van der Waals surface area contributed by atoms with Crippen molar-refractivity contribution >= 4 is 11.8 Å². The monoisotopic (exact) mass is 329 g/mol. The Morgan fingerprint density at radius 2 is 2.38 bits per heavy atom. The van der Waals surface area contributed by atoms with Gasteiger partial charge in [0.1, 0.15) is 17.6 Å². The molecule has 3 heterocycles. The maximum Gasteiger partial charge on any atom is 0.317 e. The van der Waals surface area contributed by atoms with Gasteiger partial charge in [-0.25, -0.2) is 9.78 Å². The number of hydrogen-bond donors (Lipinski definition) is 2. The second-order valence-electron chi connectivity index (χ2n) is 6.84. The third-order valence-corrected chi connectivity index (χ3v) is 4.44. The van der Waals surface area contributed by atoms with E-state index in [1.54, 1.807) is 6.07 Å². The number of nitrogens with zero attached hydrogens (tertiary/aromatic N) is 3. The number of rotatable bonds is 3. The summed E-state index contributed by atoms with van der Waals surface area (Å²) in [7, 11) is 0. The third-order valence-electron chi connectivity index (χ3n) is 4.44. The summed E-state index contributed by atoms with van der Waals surface area (Å²) in [5.41, 5.74) is 0.129. The van der Waals surface area contributed by atoms with Gasteiger partial charge in [0, 0.05) is 19.0 Å². The molecular weight excluding hydrogens is 306 g/mol. The van der Waals surface area contributed by atoms with Crippen LogP contribution in [0, 0.1) is 11.3 Å². The summed E-state index contributed by atoms with van der Waals surface area (Å²) in [4.78, 5) is 18.2. The van der Waals surface area contributed by atoms with Gasteiger partial charge in [0.05, 0.1) is 24.8 Å². The average Bonchev–Trinajstić information content (AvgIpc) is 3.14. The number of aromatic nitrogens is 1. The van der Waals surface area contributed by atoms with Crippen LogP contribution in [0.4, 0.5) is 10.6 Å². The molecule has 0 saturated carbocycles. The molecule has 1 aromatic rings. The third kappa shape index (κ3) is 3.60. The van der Waals surface area contributed by atoms with Gasteiger partial charge in [-0.05, 0) is 32.4 Å². The lowest BCUT2D eigenvalue weighted by molar-refractivity contribution is 0.0150. The smallest absolute Gasteiger partial charge is 0.317 e. The van der Waals surface area contributed by atoms with Crippen LogP contribution in [-0.2, 0) is 4.74 Å². The minimum Gasteiger partial charge on any atom is -0.371 e. The summed E-state index contributed by atoms with van der Waals surface area (Å²) in [6, 6.07) is 7.63. The van der Waals surface area contributed by atoms with Crippen molar-refractivity contribution in [3.63, 3.8) is 0 Å². The van der Waals surface area contributed by atoms with Crippen LogP contribution in [0.5, 0.6) is 0 Å². The van der Waals surface area contributed by atoms with E-state index in [0.29, 0.717) is 31.2 Å². The summed E-state index contributed by atoms with van der Waals surface area (Å²) in [6.07, 6.45) is 1.68. The molecule has 24 heavy (non-hydrogen) atoms. The van der Waals surface area contributed by atoms with Crippen molar-refractivity contribution in [3.8, 4) is 6.07 Å². The van der Waals surface area contributed by atoms with Crippen molar-refractivity contribution in [2.75, 3.05) is 25.0 Å². The minimum atomic E-state index is -0.265. The van der Waals surface area contributed by atoms with Crippen molar-refractivity contribution in [2.24, 2.45) is 0 Å². The minimum absolute atomic E-state index is 0.0229. The topological polar surface area (TPSA) is 90.3 Å².